The van der Waals surface area contributed by atoms with Crippen molar-refractivity contribution >= 4 is 5.97 Å². The van der Waals surface area contributed by atoms with Crippen LogP contribution in [-0.2, 0) is 9.53 Å². The third-order valence-corrected chi connectivity index (χ3v) is 10.3. The van der Waals surface area contributed by atoms with Gasteiger partial charge in [-0.1, -0.05) is 20.8 Å². The van der Waals surface area contributed by atoms with Gasteiger partial charge in [0.25, 0.3) is 0 Å². The summed E-state index contributed by atoms with van der Waals surface area (Å²) in [5, 5.41) is 19.8. The molecule has 0 radical (unpaired) electrons. The van der Waals surface area contributed by atoms with Crippen molar-refractivity contribution in [3.05, 3.63) is 0 Å². The van der Waals surface area contributed by atoms with Crippen LogP contribution in [0.2, 0.25) is 0 Å². The maximum absolute atomic E-state index is 12.0. The Morgan fingerprint density at radius 2 is 1.76 bits per heavy atom. The molecule has 4 nitrogen and oxygen atoms in total. The molecule has 0 aliphatic heterocycles. The lowest BCUT2D eigenvalue weighted by atomic mass is 9.43. The number of hydrogen-bond acceptors (Lipinski definition) is 4. The van der Waals surface area contributed by atoms with Crippen LogP contribution in [0.1, 0.15) is 85.5 Å². The molecule has 2 N–H and O–H groups in total. The van der Waals surface area contributed by atoms with Gasteiger partial charge in [-0.2, -0.15) is 0 Å². The monoisotopic (exact) mass is 406 g/mol. The fourth-order valence-electron chi connectivity index (χ4n) is 8.89. The Hall–Kier alpha value is -0.610. The van der Waals surface area contributed by atoms with Gasteiger partial charge in [0, 0.05) is 19.4 Å². The molecule has 4 aliphatic carbocycles. The molecule has 29 heavy (non-hydrogen) atoms. The van der Waals surface area contributed by atoms with Crippen molar-refractivity contribution in [3.63, 3.8) is 0 Å². The van der Waals surface area contributed by atoms with Gasteiger partial charge < -0.3 is 14.9 Å². The van der Waals surface area contributed by atoms with Crippen LogP contribution in [0.25, 0.3) is 0 Å². The molecule has 166 valence electrons. The Kier molecular flexibility index (Phi) is 5.83. The van der Waals surface area contributed by atoms with Crippen molar-refractivity contribution in [1.82, 2.24) is 0 Å². The molecule has 4 rings (SSSR count). The number of hydrogen-bond donors (Lipinski definition) is 2. The van der Waals surface area contributed by atoms with E-state index in [9.17, 15) is 15.0 Å². The lowest BCUT2D eigenvalue weighted by molar-refractivity contribution is -0.194. The highest BCUT2D eigenvalue weighted by Crippen LogP contribution is 2.68. The minimum absolute atomic E-state index is 0.0115. The number of carbonyl (C=O) groups is 1. The molecule has 4 fully saturated rings. The van der Waals surface area contributed by atoms with Crippen LogP contribution >= 0.6 is 0 Å². The summed E-state index contributed by atoms with van der Waals surface area (Å²) >= 11 is 0. The summed E-state index contributed by atoms with van der Waals surface area (Å²) in [7, 11) is 0. The lowest BCUT2D eigenvalue weighted by Crippen LogP contribution is -2.59. The molecule has 4 heteroatoms. The molecule has 0 heterocycles. The summed E-state index contributed by atoms with van der Waals surface area (Å²) in [6.45, 7) is 9.15. The average molecular weight is 407 g/mol. The fraction of sp³-hybridized carbons (Fsp3) is 0.960. The third-order valence-electron chi connectivity index (χ3n) is 10.3. The van der Waals surface area contributed by atoms with Crippen LogP contribution in [0, 0.1) is 46.3 Å². The van der Waals surface area contributed by atoms with Crippen molar-refractivity contribution in [3.8, 4) is 0 Å². The Bertz CT molecular complexity index is 620. The number of fused-ring (bicyclic) bond motifs is 5. The van der Waals surface area contributed by atoms with Crippen molar-refractivity contribution in [2.24, 2.45) is 46.3 Å². The minimum Gasteiger partial charge on any atom is -0.462 e. The summed E-state index contributed by atoms with van der Waals surface area (Å²) in [4.78, 5) is 12.0. The van der Waals surface area contributed by atoms with Crippen molar-refractivity contribution in [1.29, 1.82) is 0 Å². The number of carbonyl (C=O) groups excluding carboxylic acids is 1. The van der Waals surface area contributed by atoms with Crippen molar-refractivity contribution in [2.75, 3.05) is 6.61 Å². The Labute approximate surface area is 176 Å². The van der Waals surface area contributed by atoms with Gasteiger partial charge in [-0.15, -0.1) is 0 Å². The molecule has 4 aliphatic rings. The second kappa shape index (κ2) is 7.82. The van der Waals surface area contributed by atoms with Gasteiger partial charge in [0.05, 0.1) is 6.10 Å². The normalized spacial score (nSPS) is 50.2. The van der Waals surface area contributed by atoms with E-state index >= 15 is 0 Å². The SMILES string of the molecule is CC(=O)O[C@@H]1C[C@@H]2C[C@H](O)CC[C@]2(C)[C@H]2CC[C@]3(C)[C@@H]([C@H](C)CCO)CC[C@H]3[C@H]12. The zero-order chi connectivity index (χ0) is 21.0. The fourth-order valence-corrected chi connectivity index (χ4v) is 8.89. The highest BCUT2D eigenvalue weighted by molar-refractivity contribution is 5.66. The first-order valence-corrected chi connectivity index (χ1v) is 12.2. The smallest absolute Gasteiger partial charge is 0.302 e. The molecule has 0 aromatic rings. The van der Waals surface area contributed by atoms with E-state index in [1.54, 1.807) is 6.92 Å². The quantitative estimate of drug-likeness (QED) is 0.671. The first kappa shape index (κ1) is 21.6. The van der Waals surface area contributed by atoms with E-state index in [0.717, 1.165) is 32.1 Å². The predicted octanol–water partition coefficient (Wildman–Crippen LogP) is 4.57. The van der Waals surface area contributed by atoms with Crippen molar-refractivity contribution in [2.45, 2.75) is 97.7 Å². The van der Waals surface area contributed by atoms with Gasteiger partial charge in [0.15, 0.2) is 0 Å². The van der Waals surface area contributed by atoms with Crippen LogP contribution in [0.3, 0.4) is 0 Å². The standard InChI is InChI=1S/C25H42O4/c1-15(9-12-26)19-5-6-20-23-21(8-11-25(19,20)4)24(3)10-7-18(28)13-17(24)14-22(23)29-16(2)27/h15,17-23,26,28H,5-14H2,1-4H3/t15-,17+,18-,19-,20+,21+,22-,23+,24+,25-/m1/s1. The number of esters is 1. The van der Waals surface area contributed by atoms with Crippen LogP contribution in [0.4, 0.5) is 0 Å². The summed E-state index contributed by atoms with van der Waals surface area (Å²) < 4.78 is 6.03. The molecule has 0 spiro atoms. The van der Waals surface area contributed by atoms with E-state index in [2.05, 4.69) is 20.8 Å². The van der Waals surface area contributed by atoms with Crippen molar-refractivity contribution < 1.29 is 19.7 Å². The Morgan fingerprint density at radius 1 is 1.07 bits per heavy atom. The van der Waals surface area contributed by atoms with Gasteiger partial charge in [-0.25, -0.2) is 0 Å². The molecular formula is C25H42O4. The second-order valence-corrected chi connectivity index (χ2v) is 11.5. The number of rotatable bonds is 4. The van der Waals surface area contributed by atoms with Crippen LogP contribution < -0.4 is 0 Å². The summed E-state index contributed by atoms with van der Waals surface area (Å²) in [6, 6.07) is 0. The van der Waals surface area contributed by atoms with E-state index in [1.165, 1.54) is 25.7 Å². The van der Waals surface area contributed by atoms with E-state index in [0.29, 0.717) is 40.9 Å². The molecule has 0 unspecified atom stereocenters. The van der Waals surface area contributed by atoms with E-state index in [4.69, 9.17) is 4.74 Å². The molecule has 0 amide bonds. The van der Waals surface area contributed by atoms with Crippen LogP contribution in [0.15, 0.2) is 0 Å². The zero-order valence-corrected chi connectivity index (χ0v) is 18.9. The molecule has 0 aromatic carbocycles. The zero-order valence-electron chi connectivity index (χ0n) is 18.9. The average Bonchev–Trinajstić information content (AvgIpc) is 3.00. The first-order chi connectivity index (χ1) is 13.7. The largest absolute Gasteiger partial charge is 0.462 e. The highest BCUT2D eigenvalue weighted by atomic mass is 16.5. The van der Waals surface area contributed by atoms with E-state index < -0.39 is 0 Å². The lowest BCUT2D eigenvalue weighted by Gasteiger charge is -2.62. The number of aliphatic hydroxyl groups excluding tert-OH is 2. The molecule has 10 atom stereocenters. The van der Waals surface area contributed by atoms with Crippen LogP contribution in [-0.4, -0.2) is 35.0 Å². The molecule has 4 saturated carbocycles. The van der Waals surface area contributed by atoms with Gasteiger partial charge in [-0.3, -0.25) is 4.79 Å². The number of ether oxygens (including phenoxy) is 1. The second-order valence-electron chi connectivity index (χ2n) is 11.5. The third kappa shape index (κ3) is 3.46. The Morgan fingerprint density at radius 3 is 2.45 bits per heavy atom. The summed E-state index contributed by atoms with van der Waals surface area (Å²) in [5.74, 6) is 3.20. The van der Waals surface area contributed by atoms with Gasteiger partial charge in [0.1, 0.15) is 6.10 Å². The highest BCUT2D eigenvalue weighted by Gasteiger charge is 2.63. The molecular weight excluding hydrogens is 364 g/mol. The summed E-state index contributed by atoms with van der Waals surface area (Å²) in [5.41, 5.74) is 0.572. The van der Waals surface area contributed by atoms with E-state index in [1.807, 2.05) is 0 Å². The maximum Gasteiger partial charge on any atom is 0.302 e. The van der Waals surface area contributed by atoms with Gasteiger partial charge >= 0.3 is 5.97 Å². The maximum atomic E-state index is 12.0. The predicted molar refractivity (Wildman–Crippen MR) is 113 cm³/mol. The topological polar surface area (TPSA) is 66.8 Å². The first-order valence-electron chi connectivity index (χ1n) is 12.2. The molecule has 0 saturated heterocycles. The Balaban J connectivity index is 1.66. The molecule has 0 bridgehead atoms. The van der Waals surface area contributed by atoms with Gasteiger partial charge in [0.2, 0.25) is 0 Å². The van der Waals surface area contributed by atoms with E-state index in [-0.39, 0.29) is 30.2 Å². The molecule has 0 aromatic heterocycles. The number of aliphatic hydroxyl groups is 2. The summed E-state index contributed by atoms with van der Waals surface area (Å²) in [6.07, 6.45) is 9.52. The minimum atomic E-state index is -0.188. The van der Waals surface area contributed by atoms with Crippen LogP contribution in [0.5, 0.6) is 0 Å². The van der Waals surface area contributed by atoms with Gasteiger partial charge in [-0.05, 0) is 98.2 Å².